The molecule has 0 amide bonds. The molecule has 174 valence electrons. The lowest BCUT2D eigenvalue weighted by Crippen LogP contribution is -2.45. The Morgan fingerprint density at radius 3 is 2.58 bits per heavy atom. The van der Waals surface area contributed by atoms with Crippen molar-refractivity contribution < 1.29 is 17.9 Å². The summed E-state index contributed by atoms with van der Waals surface area (Å²) in [6, 6.07) is 8.34. The van der Waals surface area contributed by atoms with Gasteiger partial charge in [-0.1, -0.05) is 12.1 Å². The maximum absolute atomic E-state index is 12.5. The number of piperidine rings is 1. The Balaban J connectivity index is 1.37. The van der Waals surface area contributed by atoms with E-state index >= 15 is 0 Å². The van der Waals surface area contributed by atoms with Gasteiger partial charge in [-0.05, 0) is 56.8 Å². The molecule has 9 heteroatoms. The molecule has 3 rings (SSSR count). The van der Waals surface area contributed by atoms with Gasteiger partial charge in [0, 0.05) is 32.7 Å². The zero-order valence-corrected chi connectivity index (χ0v) is 18.4. The lowest BCUT2D eigenvalue weighted by molar-refractivity contribution is -0.148. The molecule has 1 aromatic carbocycles. The molecule has 2 aliphatic heterocycles. The van der Waals surface area contributed by atoms with Crippen LogP contribution in [0.1, 0.15) is 25.7 Å². The normalized spacial score (nSPS) is 21.4. The van der Waals surface area contributed by atoms with Crippen LogP contribution < -0.4 is 20.3 Å². The van der Waals surface area contributed by atoms with Crippen molar-refractivity contribution in [1.82, 2.24) is 15.5 Å². The number of likely N-dealkylation sites (tertiary alicyclic amines) is 1. The van der Waals surface area contributed by atoms with Crippen LogP contribution in [0.15, 0.2) is 29.3 Å². The van der Waals surface area contributed by atoms with Crippen molar-refractivity contribution in [3.8, 4) is 5.75 Å². The molecule has 6 nitrogen and oxygen atoms in total. The van der Waals surface area contributed by atoms with Crippen LogP contribution in [-0.4, -0.2) is 76.5 Å². The Hall–Kier alpha value is -2.16. The second-order valence-electron chi connectivity index (χ2n) is 8.37. The fraction of sp³-hybridized carbons (Fsp3) is 0.682. The van der Waals surface area contributed by atoms with Gasteiger partial charge < -0.3 is 20.3 Å². The van der Waals surface area contributed by atoms with Crippen molar-refractivity contribution in [2.45, 2.75) is 37.9 Å². The minimum Gasteiger partial charge on any atom is -0.495 e. The van der Waals surface area contributed by atoms with Crippen LogP contribution in [-0.2, 0) is 0 Å². The minimum atomic E-state index is -4.10. The van der Waals surface area contributed by atoms with Gasteiger partial charge in [-0.25, -0.2) is 0 Å². The summed E-state index contributed by atoms with van der Waals surface area (Å²) in [4.78, 5) is 8.17. The molecule has 0 aromatic heterocycles. The van der Waals surface area contributed by atoms with Gasteiger partial charge in [0.25, 0.3) is 0 Å². The Labute approximate surface area is 182 Å². The van der Waals surface area contributed by atoms with Crippen molar-refractivity contribution in [2.75, 3.05) is 58.3 Å². The lowest BCUT2D eigenvalue weighted by Gasteiger charge is -2.32. The van der Waals surface area contributed by atoms with E-state index in [4.69, 9.17) is 4.74 Å². The number of methoxy groups -OCH3 is 1. The van der Waals surface area contributed by atoms with E-state index in [0.717, 1.165) is 62.7 Å². The first-order chi connectivity index (χ1) is 14.9. The largest absolute Gasteiger partial charge is 0.495 e. The maximum Gasteiger partial charge on any atom is 0.401 e. The molecule has 0 aliphatic carbocycles. The van der Waals surface area contributed by atoms with Crippen molar-refractivity contribution in [3.05, 3.63) is 24.3 Å². The van der Waals surface area contributed by atoms with Gasteiger partial charge in [0.2, 0.25) is 0 Å². The molecule has 31 heavy (non-hydrogen) atoms. The van der Waals surface area contributed by atoms with Gasteiger partial charge in [-0.15, -0.1) is 0 Å². The predicted molar refractivity (Wildman–Crippen MR) is 118 cm³/mol. The summed E-state index contributed by atoms with van der Waals surface area (Å²) in [5.74, 6) is 2.12. The summed E-state index contributed by atoms with van der Waals surface area (Å²) in [6.07, 6.45) is -0.510. The first-order valence-electron chi connectivity index (χ1n) is 11.0. The second kappa shape index (κ2) is 10.9. The van der Waals surface area contributed by atoms with Crippen LogP contribution >= 0.6 is 0 Å². The molecule has 0 spiro atoms. The smallest absolute Gasteiger partial charge is 0.401 e. The highest BCUT2D eigenvalue weighted by atomic mass is 19.4. The molecule has 1 atom stereocenters. The number of benzene rings is 1. The quantitative estimate of drug-likeness (QED) is 0.503. The molecule has 0 saturated carbocycles. The number of guanidine groups is 1. The van der Waals surface area contributed by atoms with Crippen LogP contribution in [0, 0.1) is 5.92 Å². The van der Waals surface area contributed by atoms with Crippen LogP contribution in [0.3, 0.4) is 0 Å². The van der Waals surface area contributed by atoms with E-state index in [0.29, 0.717) is 25.0 Å². The van der Waals surface area contributed by atoms with Crippen molar-refractivity contribution in [1.29, 1.82) is 0 Å². The van der Waals surface area contributed by atoms with E-state index in [1.807, 2.05) is 18.2 Å². The number of nitrogens with one attached hydrogen (secondary N) is 2. The number of anilines is 1. The van der Waals surface area contributed by atoms with E-state index in [1.165, 1.54) is 4.90 Å². The van der Waals surface area contributed by atoms with E-state index in [-0.39, 0.29) is 0 Å². The van der Waals surface area contributed by atoms with Gasteiger partial charge in [0.1, 0.15) is 5.75 Å². The molecule has 2 fully saturated rings. The fourth-order valence-corrected chi connectivity index (χ4v) is 4.46. The topological polar surface area (TPSA) is 52.1 Å². The summed E-state index contributed by atoms with van der Waals surface area (Å²) in [6.45, 7) is 2.86. The van der Waals surface area contributed by atoms with Crippen LogP contribution in [0.5, 0.6) is 5.75 Å². The summed E-state index contributed by atoms with van der Waals surface area (Å²) in [5.41, 5.74) is 1.11. The summed E-state index contributed by atoms with van der Waals surface area (Å²) >= 11 is 0. The number of nitrogens with zero attached hydrogens (tertiary/aromatic N) is 3. The van der Waals surface area contributed by atoms with Gasteiger partial charge >= 0.3 is 6.18 Å². The average molecular weight is 442 g/mol. The Kier molecular flexibility index (Phi) is 8.28. The number of ether oxygens (including phenoxy) is 1. The molecule has 1 aromatic rings. The number of alkyl halides is 3. The minimum absolute atomic E-state index is 0.293. The third kappa shape index (κ3) is 7.19. The Morgan fingerprint density at radius 2 is 1.90 bits per heavy atom. The summed E-state index contributed by atoms with van der Waals surface area (Å²) < 4.78 is 43.0. The molecule has 1 unspecified atom stereocenters. The first-order valence-corrected chi connectivity index (χ1v) is 11.0. The molecule has 2 heterocycles. The second-order valence-corrected chi connectivity index (χ2v) is 8.37. The lowest BCUT2D eigenvalue weighted by atomic mass is 9.93. The highest BCUT2D eigenvalue weighted by molar-refractivity contribution is 5.80. The predicted octanol–water partition coefficient (Wildman–Crippen LogP) is 3.10. The van der Waals surface area contributed by atoms with Gasteiger partial charge in [0.15, 0.2) is 5.96 Å². The zero-order valence-electron chi connectivity index (χ0n) is 18.4. The Bertz CT molecular complexity index is 719. The molecular weight excluding hydrogens is 407 g/mol. The molecule has 0 bridgehead atoms. The van der Waals surface area contributed by atoms with E-state index < -0.39 is 12.7 Å². The van der Waals surface area contributed by atoms with Gasteiger partial charge in [-0.3, -0.25) is 9.89 Å². The highest BCUT2D eigenvalue weighted by Gasteiger charge is 2.32. The third-order valence-electron chi connectivity index (χ3n) is 6.13. The standard InChI is InChI=1S/C22H34F3N5O/c1-26-21(27-11-7-17-8-12-29(13-9-17)16-22(23,24)25)28-18-10-14-30(15-18)19-5-3-4-6-20(19)31-2/h3-6,17-18H,7-16H2,1-2H3,(H2,26,27,28). The van der Waals surface area contributed by atoms with Gasteiger partial charge in [-0.2, -0.15) is 13.2 Å². The van der Waals surface area contributed by atoms with Gasteiger partial charge in [0.05, 0.1) is 19.3 Å². The van der Waals surface area contributed by atoms with Crippen molar-refractivity contribution >= 4 is 11.6 Å². The maximum atomic E-state index is 12.5. The molecule has 2 N–H and O–H groups in total. The number of aliphatic imine (C=N–C) groups is 1. The van der Waals surface area contributed by atoms with Crippen molar-refractivity contribution in [3.63, 3.8) is 0 Å². The molecule has 0 radical (unpaired) electrons. The molecule has 2 aliphatic rings. The fourth-order valence-electron chi connectivity index (χ4n) is 4.46. The highest BCUT2D eigenvalue weighted by Crippen LogP contribution is 2.30. The number of rotatable bonds is 7. The van der Waals surface area contributed by atoms with Crippen LogP contribution in [0.4, 0.5) is 18.9 Å². The Morgan fingerprint density at radius 1 is 1.16 bits per heavy atom. The number of para-hydroxylation sites is 2. The SMILES string of the molecule is CN=C(NCCC1CCN(CC(F)(F)F)CC1)NC1CCN(c2ccccc2OC)C1. The summed E-state index contributed by atoms with van der Waals surface area (Å²) in [5, 5.41) is 6.87. The number of hydrogen-bond acceptors (Lipinski definition) is 4. The van der Waals surface area contributed by atoms with Crippen LogP contribution in [0.25, 0.3) is 0 Å². The van der Waals surface area contributed by atoms with E-state index in [9.17, 15) is 13.2 Å². The van der Waals surface area contributed by atoms with Crippen molar-refractivity contribution in [2.24, 2.45) is 10.9 Å². The van der Waals surface area contributed by atoms with E-state index in [1.54, 1.807) is 14.2 Å². The van der Waals surface area contributed by atoms with E-state index in [2.05, 4.69) is 26.6 Å². The monoisotopic (exact) mass is 441 g/mol. The summed E-state index contributed by atoms with van der Waals surface area (Å²) in [7, 11) is 3.45. The molecule has 2 saturated heterocycles. The average Bonchev–Trinajstić information content (AvgIpc) is 3.21. The zero-order chi connectivity index (χ0) is 22.3. The third-order valence-corrected chi connectivity index (χ3v) is 6.13. The number of hydrogen-bond donors (Lipinski definition) is 2. The first kappa shape index (κ1) is 23.5. The van der Waals surface area contributed by atoms with Crippen LogP contribution in [0.2, 0.25) is 0 Å². The number of halogens is 3. The molecular formula is C22H34F3N5O.